The van der Waals surface area contributed by atoms with Gasteiger partial charge < -0.3 is 20.7 Å². The van der Waals surface area contributed by atoms with E-state index >= 15 is 0 Å². The first-order chi connectivity index (χ1) is 17.0. The fourth-order valence-corrected chi connectivity index (χ4v) is 5.65. The summed E-state index contributed by atoms with van der Waals surface area (Å²) < 4.78 is 1.66. The number of aromatic nitrogens is 6. The van der Waals surface area contributed by atoms with E-state index in [1.807, 2.05) is 24.0 Å². The predicted molar refractivity (Wildman–Crippen MR) is 131 cm³/mol. The average molecular weight is 471 g/mol. The minimum absolute atomic E-state index is 0.123. The first kappa shape index (κ1) is 21.5. The predicted octanol–water partition coefficient (Wildman–Crippen LogP) is 2.64. The van der Waals surface area contributed by atoms with E-state index in [-0.39, 0.29) is 23.9 Å². The number of rotatable bonds is 5. The van der Waals surface area contributed by atoms with Crippen LogP contribution in [-0.4, -0.2) is 64.2 Å². The number of anilines is 1. The normalized spacial score (nSPS) is 21.2. The zero-order valence-electron chi connectivity index (χ0n) is 19.3. The summed E-state index contributed by atoms with van der Waals surface area (Å²) in [5, 5.41) is 13.8. The number of fused-ring (bicyclic) bond motifs is 3. The van der Waals surface area contributed by atoms with Crippen molar-refractivity contribution in [3.63, 3.8) is 0 Å². The van der Waals surface area contributed by atoms with E-state index < -0.39 is 6.61 Å². The Balaban J connectivity index is 1.40. The van der Waals surface area contributed by atoms with E-state index in [0.717, 1.165) is 52.9 Å². The molecule has 2 unspecified atom stereocenters. The number of nitrogens with two attached hydrogens (primary N) is 1. The zero-order chi connectivity index (χ0) is 24.3. The van der Waals surface area contributed by atoms with Crippen molar-refractivity contribution in [3.05, 3.63) is 54.8 Å². The van der Waals surface area contributed by atoms with E-state index in [2.05, 4.69) is 26.6 Å². The summed E-state index contributed by atoms with van der Waals surface area (Å²) in [6.07, 6.45) is 9.53. The van der Waals surface area contributed by atoms with Crippen molar-refractivity contribution in [2.45, 2.75) is 44.2 Å². The Bertz CT molecular complexity index is 1430. The highest BCUT2D eigenvalue weighted by Crippen LogP contribution is 2.47. The summed E-state index contributed by atoms with van der Waals surface area (Å²) in [7, 11) is 0. The van der Waals surface area contributed by atoms with Crippen molar-refractivity contribution in [2.24, 2.45) is 0 Å². The Kier molecular flexibility index (Phi) is 4.92. The third-order valence-corrected chi connectivity index (χ3v) is 7.21. The average Bonchev–Trinajstić information content (AvgIpc) is 3.54. The molecule has 10 heteroatoms. The number of pyridine rings is 1. The minimum atomic E-state index is -0.447. The molecule has 0 radical (unpaired) electrons. The fraction of sp³-hybridized carbons (Fsp3) is 0.320. The van der Waals surface area contributed by atoms with Gasteiger partial charge >= 0.3 is 0 Å². The van der Waals surface area contributed by atoms with Gasteiger partial charge in [0.05, 0.1) is 11.9 Å². The van der Waals surface area contributed by atoms with Crippen molar-refractivity contribution in [2.75, 3.05) is 12.3 Å². The van der Waals surface area contributed by atoms with Crippen molar-refractivity contribution in [3.8, 4) is 22.6 Å². The number of nitrogens with one attached hydrogen (secondary N) is 1. The van der Waals surface area contributed by atoms with Crippen LogP contribution in [0, 0.1) is 0 Å². The Morgan fingerprint density at radius 2 is 2.03 bits per heavy atom. The number of hydrogen-bond acceptors (Lipinski definition) is 7. The topological polar surface area (TPSA) is 138 Å². The Hall–Kier alpha value is -4.05. The summed E-state index contributed by atoms with van der Waals surface area (Å²) in [6, 6.07) is 4.13. The summed E-state index contributed by atoms with van der Waals surface area (Å²) in [4.78, 5) is 30.9. The third kappa shape index (κ3) is 3.32. The summed E-state index contributed by atoms with van der Waals surface area (Å²) in [6.45, 7) is 5.64. The van der Waals surface area contributed by atoms with Crippen LogP contribution in [0.3, 0.4) is 0 Å². The summed E-state index contributed by atoms with van der Waals surface area (Å²) in [5.74, 6) is 1.15. The number of nitrogen functional groups attached to an aromatic ring is 1. The van der Waals surface area contributed by atoms with E-state index in [0.29, 0.717) is 17.3 Å². The highest BCUT2D eigenvalue weighted by molar-refractivity contribution is 5.82. The van der Waals surface area contributed by atoms with E-state index in [9.17, 15) is 9.90 Å². The molecule has 1 aliphatic carbocycles. The van der Waals surface area contributed by atoms with Crippen LogP contribution in [0.5, 0.6) is 0 Å². The minimum Gasteiger partial charge on any atom is -0.387 e. The maximum atomic E-state index is 12.1. The lowest BCUT2D eigenvalue weighted by molar-refractivity contribution is -0.153. The fourth-order valence-electron chi connectivity index (χ4n) is 5.65. The van der Waals surface area contributed by atoms with Gasteiger partial charge in [0.15, 0.2) is 11.5 Å². The molecule has 4 aromatic rings. The lowest BCUT2D eigenvalue weighted by Gasteiger charge is -2.55. The second-order valence-corrected chi connectivity index (χ2v) is 9.37. The quantitative estimate of drug-likeness (QED) is 0.407. The van der Waals surface area contributed by atoms with Gasteiger partial charge in [-0.25, -0.2) is 9.97 Å². The molecule has 3 fully saturated rings. The molecule has 35 heavy (non-hydrogen) atoms. The standard InChI is InChI=1S/C25H26N8O2/c1-13(2)21-22(15-7-16-9-17(8-15)32(16)20(35)12-34)31-25-18(11-30-33(25)23(21)26)14-3-4-19(29-10-14)24-27-5-6-28-24/h3-6,10-11,15-17,34H,1,7-9,12,26H2,2H3,(H,27,28). The van der Waals surface area contributed by atoms with E-state index in [1.54, 1.807) is 29.3 Å². The monoisotopic (exact) mass is 470 g/mol. The molecule has 6 heterocycles. The molecule has 4 aromatic heterocycles. The molecule has 4 N–H and O–H groups in total. The molecule has 10 nitrogen and oxygen atoms in total. The first-order valence-electron chi connectivity index (χ1n) is 11.7. The lowest BCUT2D eigenvalue weighted by atomic mass is 9.71. The van der Waals surface area contributed by atoms with Gasteiger partial charge in [0, 0.05) is 53.3 Å². The number of piperidine rings is 1. The number of amides is 1. The maximum absolute atomic E-state index is 12.1. The molecule has 0 aromatic carbocycles. The molecule has 178 valence electrons. The number of nitrogens with zero attached hydrogens (tertiary/aromatic N) is 6. The lowest BCUT2D eigenvalue weighted by Crippen LogP contribution is -2.63. The number of hydrogen-bond donors (Lipinski definition) is 3. The number of aliphatic hydroxyl groups excluding tert-OH is 1. The Morgan fingerprint density at radius 1 is 1.23 bits per heavy atom. The summed E-state index contributed by atoms with van der Waals surface area (Å²) >= 11 is 0. The largest absolute Gasteiger partial charge is 0.387 e. The Labute approximate surface area is 201 Å². The molecule has 0 spiro atoms. The molecular formula is C25H26N8O2. The van der Waals surface area contributed by atoms with E-state index in [4.69, 9.17) is 10.7 Å². The number of imidazole rings is 1. The first-order valence-corrected chi connectivity index (χ1v) is 11.7. The number of carbonyl (C=O) groups excluding carboxylic acids is 1. The number of H-pyrrole nitrogens is 1. The van der Waals surface area contributed by atoms with Crippen LogP contribution < -0.4 is 5.73 Å². The molecule has 2 atom stereocenters. The Morgan fingerprint density at radius 3 is 2.66 bits per heavy atom. The number of carbonyl (C=O) groups is 1. The highest BCUT2D eigenvalue weighted by Gasteiger charge is 2.48. The van der Waals surface area contributed by atoms with Crippen LogP contribution in [0.4, 0.5) is 5.82 Å². The zero-order valence-corrected chi connectivity index (χ0v) is 19.3. The van der Waals surface area contributed by atoms with Gasteiger partial charge in [-0.3, -0.25) is 9.78 Å². The second kappa shape index (κ2) is 8.02. The van der Waals surface area contributed by atoms with Crippen molar-refractivity contribution in [1.29, 1.82) is 0 Å². The maximum Gasteiger partial charge on any atom is 0.248 e. The molecule has 7 rings (SSSR count). The third-order valence-electron chi connectivity index (χ3n) is 7.21. The van der Waals surface area contributed by atoms with Crippen LogP contribution in [-0.2, 0) is 4.79 Å². The molecular weight excluding hydrogens is 444 g/mol. The SMILES string of the molecule is C=C(C)c1c(C2CC3CC(C2)N3C(=O)CO)nc2c(-c3ccc(-c4ncc[nH]4)nc3)cnn2c1N. The van der Waals surface area contributed by atoms with Gasteiger partial charge in [0.25, 0.3) is 0 Å². The highest BCUT2D eigenvalue weighted by atomic mass is 16.3. The number of allylic oxidation sites excluding steroid dienone is 1. The van der Waals surface area contributed by atoms with Crippen LogP contribution in [0.1, 0.15) is 43.4 Å². The van der Waals surface area contributed by atoms with Crippen LogP contribution >= 0.6 is 0 Å². The molecule has 2 saturated heterocycles. The molecule has 1 amide bonds. The van der Waals surface area contributed by atoms with Crippen LogP contribution in [0.25, 0.3) is 33.9 Å². The summed E-state index contributed by atoms with van der Waals surface area (Å²) in [5.41, 5.74) is 12.3. The van der Waals surface area contributed by atoms with Crippen LogP contribution in [0.15, 0.2) is 43.5 Å². The van der Waals surface area contributed by atoms with Gasteiger partial charge in [-0.2, -0.15) is 9.61 Å². The van der Waals surface area contributed by atoms with Crippen molar-refractivity contribution in [1.82, 2.24) is 34.4 Å². The van der Waals surface area contributed by atoms with Crippen molar-refractivity contribution < 1.29 is 9.90 Å². The van der Waals surface area contributed by atoms with Crippen LogP contribution in [0.2, 0.25) is 0 Å². The molecule has 2 bridgehead atoms. The van der Waals surface area contributed by atoms with Gasteiger partial charge in [-0.05, 0) is 37.8 Å². The number of aromatic amines is 1. The molecule has 3 aliphatic rings. The smallest absolute Gasteiger partial charge is 0.248 e. The van der Waals surface area contributed by atoms with Gasteiger partial charge in [-0.1, -0.05) is 12.6 Å². The van der Waals surface area contributed by atoms with Gasteiger partial charge in [0.2, 0.25) is 5.91 Å². The van der Waals surface area contributed by atoms with Gasteiger partial charge in [-0.15, -0.1) is 0 Å². The van der Waals surface area contributed by atoms with E-state index in [1.165, 1.54) is 0 Å². The molecule has 1 saturated carbocycles. The number of aliphatic hydroxyl groups is 1. The molecule has 2 aliphatic heterocycles. The van der Waals surface area contributed by atoms with Crippen molar-refractivity contribution >= 4 is 22.9 Å². The second-order valence-electron chi connectivity index (χ2n) is 9.37. The van der Waals surface area contributed by atoms with Gasteiger partial charge in [0.1, 0.15) is 18.1 Å².